The molecule has 0 amide bonds. The van der Waals surface area contributed by atoms with E-state index in [9.17, 15) is 5.11 Å². The van der Waals surface area contributed by atoms with Crippen molar-refractivity contribution >= 4 is 17.1 Å². The molecule has 0 saturated carbocycles. The zero-order valence-corrected chi connectivity index (χ0v) is 10.4. The highest BCUT2D eigenvalue weighted by molar-refractivity contribution is 5.53. The lowest BCUT2D eigenvalue weighted by atomic mass is 10.3. The minimum atomic E-state index is 0.131. The van der Waals surface area contributed by atoms with Crippen LogP contribution in [-0.2, 0) is 0 Å². The minimum Gasteiger partial charge on any atom is -0.506 e. The SMILES string of the molecule is CN(C)c1ccc(N=Nc2ccccc2O)cc1. The largest absolute Gasteiger partial charge is 0.506 e. The molecule has 2 aromatic carbocycles. The monoisotopic (exact) mass is 241 g/mol. The third-order valence-electron chi connectivity index (χ3n) is 2.52. The molecule has 0 aliphatic rings. The van der Waals surface area contributed by atoms with Crippen LogP contribution in [-0.4, -0.2) is 19.2 Å². The summed E-state index contributed by atoms with van der Waals surface area (Å²) in [6, 6.07) is 14.6. The highest BCUT2D eigenvalue weighted by atomic mass is 16.3. The van der Waals surface area contributed by atoms with E-state index in [4.69, 9.17) is 0 Å². The number of aromatic hydroxyl groups is 1. The Labute approximate surface area is 106 Å². The van der Waals surface area contributed by atoms with Crippen LogP contribution in [0.15, 0.2) is 58.8 Å². The van der Waals surface area contributed by atoms with Gasteiger partial charge in [0.25, 0.3) is 0 Å². The van der Waals surface area contributed by atoms with Crippen LogP contribution < -0.4 is 4.90 Å². The Morgan fingerprint density at radius 1 is 0.889 bits per heavy atom. The molecule has 0 aliphatic heterocycles. The number of hydrogen-bond donors (Lipinski definition) is 1. The van der Waals surface area contributed by atoms with E-state index >= 15 is 0 Å². The lowest BCUT2D eigenvalue weighted by Crippen LogP contribution is -2.07. The summed E-state index contributed by atoms with van der Waals surface area (Å²) in [5.74, 6) is 0.131. The molecule has 0 radical (unpaired) electrons. The molecule has 0 atom stereocenters. The number of benzene rings is 2. The van der Waals surface area contributed by atoms with Gasteiger partial charge >= 0.3 is 0 Å². The summed E-state index contributed by atoms with van der Waals surface area (Å²) in [5.41, 5.74) is 2.33. The smallest absolute Gasteiger partial charge is 0.143 e. The number of anilines is 1. The van der Waals surface area contributed by atoms with Crippen LogP contribution in [0.2, 0.25) is 0 Å². The van der Waals surface area contributed by atoms with Crippen molar-refractivity contribution in [1.82, 2.24) is 0 Å². The summed E-state index contributed by atoms with van der Waals surface area (Å²) in [6.45, 7) is 0. The molecule has 0 aliphatic carbocycles. The second-order valence-corrected chi connectivity index (χ2v) is 4.10. The number of phenols is 1. The molecule has 2 aromatic rings. The second-order valence-electron chi connectivity index (χ2n) is 4.10. The van der Waals surface area contributed by atoms with Crippen molar-refractivity contribution in [2.75, 3.05) is 19.0 Å². The van der Waals surface area contributed by atoms with E-state index in [2.05, 4.69) is 10.2 Å². The summed E-state index contributed by atoms with van der Waals surface area (Å²) >= 11 is 0. The first kappa shape index (κ1) is 12.1. The molecule has 4 heteroatoms. The van der Waals surface area contributed by atoms with Crippen LogP contribution in [0.3, 0.4) is 0 Å². The molecule has 0 bridgehead atoms. The van der Waals surface area contributed by atoms with E-state index in [1.54, 1.807) is 18.2 Å². The maximum atomic E-state index is 9.55. The van der Waals surface area contributed by atoms with Gasteiger partial charge in [0.15, 0.2) is 0 Å². The van der Waals surface area contributed by atoms with Crippen molar-refractivity contribution in [2.45, 2.75) is 0 Å². The predicted molar refractivity (Wildman–Crippen MR) is 73.1 cm³/mol. The van der Waals surface area contributed by atoms with Crippen molar-refractivity contribution in [3.8, 4) is 5.75 Å². The highest BCUT2D eigenvalue weighted by Crippen LogP contribution is 2.27. The number of phenolic OH excluding ortho intramolecular Hbond substituents is 1. The molecule has 4 nitrogen and oxygen atoms in total. The topological polar surface area (TPSA) is 48.2 Å². The first-order valence-corrected chi connectivity index (χ1v) is 5.64. The lowest BCUT2D eigenvalue weighted by Gasteiger charge is -2.11. The number of nitrogens with zero attached hydrogens (tertiary/aromatic N) is 3. The predicted octanol–water partition coefficient (Wildman–Crippen LogP) is 3.87. The Morgan fingerprint density at radius 3 is 2.17 bits per heavy atom. The minimum absolute atomic E-state index is 0.131. The Morgan fingerprint density at radius 2 is 1.56 bits per heavy atom. The molecule has 0 fully saturated rings. The first-order valence-electron chi connectivity index (χ1n) is 5.64. The van der Waals surface area contributed by atoms with E-state index in [1.807, 2.05) is 49.3 Å². The van der Waals surface area contributed by atoms with Gasteiger partial charge in [-0.05, 0) is 36.4 Å². The normalized spacial score (nSPS) is 10.8. The molecule has 0 unspecified atom stereocenters. The average Bonchev–Trinajstić information content (AvgIpc) is 2.38. The molecule has 18 heavy (non-hydrogen) atoms. The Balaban J connectivity index is 2.17. The number of para-hydroxylation sites is 1. The van der Waals surface area contributed by atoms with E-state index in [0.29, 0.717) is 5.69 Å². The average molecular weight is 241 g/mol. The van der Waals surface area contributed by atoms with Gasteiger partial charge in [-0.25, -0.2) is 0 Å². The van der Waals surface area contributed by atoms with Gasteiger partial charge in [0.05, 0.1) is 5.69 Å². The van der Waals surface area contributed by atoms with E-state index < -0.39 is 0 Å². The fourth-order valence-corrected chi connectivity index (χ4v) is 1.48. The van der Waals surface area contributed by atoms with Crippen LogP contribution in [0, 0.1) is 0 Å². The molecule has 1 N–H and O–H groups in total. The van der Waals surface area contributed by atoms with Gasteiger partial charge in [-0.3, -0.25) is 0 Å². The van der Waals surface area contributed by atoms with E-state index in [0.717, 1.165) is 11.4 Å². The fraction of sp³-hybridized carbons (Fsp3) is 0.143. The molecule has 92 valence electrons. The second kappa shape index (κ2) is 5.31. The van der Waals surface area contributed by atoms with Crippen LogP contribution in [0.5, 0.6) is 5.75 Å². The molecular weight excluding hydrogens is 226 g/mol. The van der Waals surface area contributed by atoms with Crippen molar-refractivity contribution in [2.24, 2.45) is 10.2 Å². The Bertz CT molecular complexity index is 547. The number of azo groups is 1. The van der Waals surface area contributed by atoms with Crippen molar-refractivity contribution in [1.29, 1.82) is 0 Å². The Hall–Kier alpha value is -2.36. The molecule has 0 saturated heterocycles. The summed E-state index contributed by atoms with van der Waals surface area (Å²) in [7, 11) is 3.97. The van der Waals surface area contributed by atoms with Gasteiger partial charge in [0.2, 0.25) is 0 Å². The Kier molecular flexibility index (Phi) is 3.57. The van der Waals surface area contributed by atoms with E-state index in [1.165, 1.54) is 0 Å². The maximum Gasteiger partial charge on any atom is 0.143 e. The van der Waals surface area contributed by atoms with Gasteiger partial charge in [0.1, 0.15) is 11.4 Å². The molecule has 2 rings (SSSR count). The van der Waals surface area contributed by atoms with Gasteiger partial charge in [-0.15, -0.1) is 5.11 Å². The number of rotatable bonds is 3. The van der Waals surface area contributed by atoms with Crippen LogP contribution in [0.4, 0.5) is 17.1 Å². The summed E-state index contributed by atoms with van der Waals surface area (Å²) in [6.07, 6.45) is 0. The van der Waals surface area contributed by atoms with Gasteiger partial charge in [0, 0.05) is 19.8 Å². The standard InChI is InChI=1S/C14H15N3O/c1-17(2)12-9-7-11(8-10-12)15-16-13-5-3-4-6-14(13)18/h3-10,18H,1-2H3. The first-order chi connectivity index (χ1) is 8.66. The van der Waals surface area contributed by atoms with Gasteiger partial charge < -0.3 is 10.0 Å². The van der Waals surface area contributed by atoms with Crippen LogP contribution in [0.1, 0.15) is 0 Å². The highest BCUT2D eigenvalue weighted by Gasteiger charge is 1.97. The molecule has 0 heterocycles. The third-order valence-corrected chi connectivity index (χ3v) is 2.52. The van der Waals surface area contributed by atoms with Crippen molar-refractivity contribution < 1.29 is 5.11 Å². The summed E-state index contributed by atoms with van der Waals surface area (Å²) < 4.78 is 0. The quantitative estimate of drug-likeness (QED) is 0.829. The summed E-state index contributed by atoms with van der Waals surface area (Å²) in [4.78, 5) is 2.02. The van der Waals surface area contributed by atoms with Crippen LogP contribution >= 0.6 is 0 Å². The fourth-order valence-electron chi connectivity index (χ4n) is 1.48. The maximum absolute atomic E-state index is 9.55. The molecular formula is C14H15N3O. The zero-order chi connectivity index (χ0) is 13.0. The van der Waals surface area contributed by atoms with E-state index in [-0.39, 0.29) is 5.75 Å². The van der Waals surface area contributed by atoms with Gasteiger partial charge in [-0.2, -0.15) is 5.11 Å². The van der Waals surface area contributed by atoms with Crippen LogP contribution in [0.25, 0.3) is 0 Å². The molecule has 0 spiro atoms. The number of hydrogen-bond acceptors (Lipinski definition) is 4. The van der Waals surface area contributed by atoms with Gasteiger partial charge in [-0.1, -0.05) is 12.1 Å². The van der Waals surface area contributed by atoms with Crippen molar-refractivity contribution in [3.63, 3.8) is 0 Å². The molecule has 0 aromatic heterocycles. The summed E-state index contributed by atoms with van der Waals surface area (Å²) in [5, 5.41) is 17.6. The van der Waals surface area contributed by atoms with Crippen molar-refractivity contribution in [3.05, 3.63) is 48.5 Å². The zero-order valence-electron chi connectivity index (χ0n) is 10.4. The third kappa shape index (κ3) is 2.85. The lowest BCUT2D eigenvalue weighted by molar-refractivity contribution is 0.476.